The number of amides is 1. The number of piperidine rings is 1. The molecule has 0 radical (unpaired) electrons. The van der Waals surface area contributed by atoms with Gasteiger partial charge in [-0.05, 0) is 49.5 Å². The molecule has 0 bridgehead atoms. The summed E-state index contributed by atoms with van der Waals surface area (Å²) in [5.74, 6) is 0.961. The van der Waals surface area contributed by atoms with Crippen molar-refractivity contribution in [2.75, 3.05) is 13.1 Å². The number of carbonyl (C=O) groups is 1. The molecular weight excluding hydrogens is 374 g/mol. The standard InChI is InChI=1S/C20H23N5O4/c1-22-20(27)24(16-7-8-16)19(21-22)15-10-12-23(13-11-15)18(26)9-4-14-2-5-17(6-3-14)25(28)29/h2-6,9,15-16H,7-8,10-13H2,1H3/b9-4+. The first-order valence-corrected chi connectivity index (χ1v) is 9.81. The van der Waals surface area contributed by atoms with E-state index in [-0.39, 0.29) is 29.2 Å². The van der Waals surface area contributed by atoms with E-state index >= 15 is 0 Å². The van der Waals surface area contributed by atoms with Crippen molar-refractivity contribution in [3.8, 4) is 0 Å². The van der Waals surface area contributed by atoms with E-state index in [1.54, 1.807) is 30.2 Å². The van der Waals surface area contributed by atoms with Crippen molar-refractivity contribution < 1.29 is 9.72 Å². The van der Waals surface area contributed by atoms with Crippen molar-refractivity contribution in [1.29, 1.82) is 0 Å². The number of likely N-dealkylation sites (tertiary alicyclic amines) is 1. The van der Waals surface area contributed by atoms with Crippen molar-refractivity contribution in [3.63, 3.8) is 0 Å². The number of aryl methyl sites for hydroxylation is 1. The van der Waals surface area contributed by atoms with Gasteiger partial charge in [-0.1, -0.05) is 0 Å². The molecule has 4 rings (SSSR count). The van der Waals surface area contributed by atoms with Crippen LogP contribution in [0.25, 0.3) is 6.08 Å². The maximum Gasteiger partial charge on any atom is 0.345 e. The van der Waals surface area contributed by atoms with Gasteiger partial charge in [-0.25, -0.2) is 9.48 Å². The lowest BCUT2D eigenvalue weighted by molar-refractivity contribution is -0.384. The smallest absolute Gasteiger partial charge is 0.339 e. The average molecular weight is 397 g/mol. The Morgan fingerprint density at radius 1 is 1.17 bits per heavy atom. The van der Waals surface area contributed by atoms with Crippen LogP contribution in [-0.2, 0) is 11.8 Å². The first-order chi connectivity index (χ1) is 13.9. The van der Waals surface area contributed by atoms with E-state index in [2.05, 4.69) is 5.10 Å². The SMILES string of the molecule is Cn1nc(C2CCN(C(=O)/C=C/c3ccc([N+](=O)[O-])cc3)CC2)n(C2CC2)c1=O. The predicted octanol–water partition coefficient (Wildman–Crippen LogP) is 2.24. The second kappa shape index (κ2) is 7.65. The van der Waals surface area contributed by atoms with Gasteiger partial charge in [-0.15, -0.1) is 0 Å². The van der Waals surface area contributed by atoms with Gasteiger partial charge < -0.3 is 4.90 Å². The highest BCUT2D eigenvalue weighted by molar-refractivity contribution is 5.91. The molecule has 152 valence electrons. The number of nitro groups is 1. The number of hydrogen-bond acceptors (Lipinski definition) is 5. The van der Waals surface area contributed by atoms with Gasteiger partial charge in [0.1, 0.15) is 5.82 Å². The number of rotatable bonds is 5. The van der Waals surface area contributed by atoms with Gasteiger partial charge in [0.15, 0.2) is 0 Å². The molecule has 29 heavy (non-hydrogen) atoms. The summed E-state index contributed by atoms with van der Waals surface area (Å²) in [6.45, 7) is 1.23. The van der Waals surface area contributed by atoms with Gasteiger partial charge in [0.2, 0.25) is 5.91 Å². The normalized spacial score (nSPS) is 17.8. The zero-order valence-corrected chi connectivity index (χ0v) is 16.2. The van der Waals surface area contributed by atoms with E-state index in [1.165, 1.54) is 22.9 Å². The summed E-state index contributed by atoms with van der Waals surface area (Å²) in [4.78, 5) is 36.8. The fraction of sp³-hybridized carbons (Fsp3) is 0.450. The monoisotopic (exact) mass is 397 g/mol. The van der Waals surface area contributed by atoms with Crippen molar-refractivity contribution in [1.82, 2.24) is 19.2 Å². The molecule has 0 unspecified atom stereocenters. The van der Waals surface area contributed by atoms with Crippen LogP contribution in [0.3, 0.4) is 0 Å². The largest absolute Gasteiger partial charge is 0.345 e. The molecule has 1 aromatic heterocycles. The molecule has 0 spiro atoms. The van der Waals surface area contributed by atoms with Gasteiger partial charge in [-0.3, -0.25) is 19.5 Å². The minimum Gasteiger partial charge on any atom is -0.339 e. The van der Waals surface area contributed by atoms with Crippen molar-refractivity contribution in [2.45, 2.75) is 37.6 Å². The number of aromatic nitrogens is 3. The molecule has 9 heteroatoms. The fourth-order valence-electron chi connectivity index (χ4n) is 3.79. The highest BCUT2D eigenvalue weighted by Gasteiger charge is 2.34. The molecule has 1 saturated heterocycles. The Labute approximate surface area is 167 Å². The Morgan fingerprint density at radius 3 is 2.41 bits per heavy atom. The van der Waals surface area contributed by atoms with Crippen LogP contribution in [0.4, 0.5) is 5.69 Å². The summed E-state index contributed by atoms with van der Waals surface area (Å²) in [5, 5.41) is 15.2. The van der Waals surface area contributed by atoms with E-state index in [0.717, 1.165) is 37.1 Å². The Balaban J connectivity index is 1.37. The molecule has 1 aliphatic carbocycles. The highest BCUT2D eigenvalue weighted by atomic mass is 16.6. The number of non-ortho nitro benzene ring substituents is 1. The quantitative estimate of drug-likeness (QED) is 0.437. The minimum absolute atomic E-state index is 0.0229. The second-order valence-corrected chi connectivity index (χ2v) is 7.65. The lowest BCUT2D eigenvalue weighted by atomic mass is 9.95. The molecule has 1 amide bonds. The van der Waals surface area contributed by atoms with Crippen molar-refractivity contribution in [2.24, 2.45) is 7.05 Å². The highest BCUT2D eigenvalue weighted by Crippen LogP contribution is 2.37. The van der Waals surface area contributed by atoms with Gasteiger partial charge in [-0.2, -0.15) is 5.10 Å². The lowest BCUT2D eigenvalue weighted by Gasteiger charge is -2.31. The average Bonchev–Trinajstić information content (AvgIpc) is 3.52. The zero-order valence-electron chi connectivity index (χ0n) is 16.2. The summed E-state index contributed by atoms with van der Waals surface area (Å²) >= 11 is 0. The number of hydrogen-bond donors (Lipinski definition) is 0. The van der Waals surface area contributed by atoms with E-state index in [9.17, 15) is 19.7 Å². The predicted molar refractivity (Wildman–Crippen MR) is 106 cm³/mol. The van der Waals surface area contributed by atoms with Gasteiger partial charge in [0, 0.05) is 50.3 Å². The number of carbonyl (C=O) groups excluding carboxylic acids is 1. The lowest BCUT2D eigenvalue weighted by Crippen LogP contribution is -2.37. The van der Waals surface area contributed by atoms with Crippen LogP contribution in [0.1, 0.15) is 49.0 Å². The van der Waals surface area contributed by atoms with Crippen LogP contribution in [-0.4, -0.2) is 43.2 Å². The third-order valence-electron chi connectivity index (χ3n) is 5.59. The Morgan fingerprint density at radius 2 is 1.83 bits per heavy atom. The van der Waals surface area contributed by atoms with Crippen LogP contribution in [0.2, 0.25) is 0 Å². The third kappa shape index (κ3) is 3.98. The maximum absolute atomic E-state index is 12.5. The van der Waals surface area contributed by atoms with Crippen molar-refractivity contribution in [3.05, 3.63) is 62.3 Å². The molecule has 2 aliphatic rings. The molecule has 2 aromatic rings. The first kappa shape index (κ1) is 19.1. The van der Waals surface area contributed by atoms with Gasteiger partial charge in [0.05, 0.1) is 4.92 Å². The van der Waals surface area contributed by atoms with Crippen molar-refractivity contribution >= 4 is 17.7 Å². The van der Waals surface area contributed by atoms with Crippen LogP contribution < -0.4 is 5.69 Å². The maximum atomic E-state index is 12.5. The summed E-state index contributed by atoms with van der Waals surface area (Å²) < 4.78 is 3.26. The number of nitro benzene ring substituents is 1. The van der Waals surface area contributed by atoms with E-state index < -0.39 is 4.92 Å². The molecule has 1 aliphatic heterocycles. The Hall–Kier alpha value is -3.23. The van der Waals surface area contributed by atoms with E-state index in [1.807, 2.05) is 4.57 Å². The second-order valence-electron chi connectivity index (χ2n) is 7.65. The van der Waals surface area contributed by atoms with E-state index in [4.69, 9.17) is 0 Å². The zero-order chi connectivity index (χ0) is 20.5. The molecule has 0 atom stereocenters. The molecule has 1 aromatic carbocycles. The first-order valence-electron chi connectivity index (χ1n) is 9.81. The van der Waals surface area contributed by atoms with Crippen LogP contribution >= 0.6 is 0 Å². The molecule has 2 heterocycles. The fourth-order valence-corrected chi connectivity index (χ4v) is 3.79. The molecule has 1 saturated carbocycles. The summed E-state index contributed by atoms with van der Waals surface area (Å²) in [7, 11) is 1.69. The van der Waals surface area contributed by atoms with E-state index in [0.29, 0.717) is 13.1 Å². The third-order valence-corrected chi connectivity index (χ3v) is 5.59. The Kier molecular flexibility index (Phi) is 5.04. The van der Waals surface area contributed by atoms with Gasteiger partial charge >= 0.3 is 5.69 Å². The van der Waals surface area contributed by atoms with Gasteiger partial charge in [0.25, 0.3) is 5.69 Å². The van der Waals surface area contributed by atoms with Crippen LogP contribution in [0, 0.1) is 10.1 Å². The molecular formula is C20H23N5O4. The van der Waals surface area contributed by atoms with Crippen LogP contribution in [0.15, 0.2) is 35.1 Å². The summed E-state index contributed by atoms with van der Waals surface area (Å²) in [6.07, 6.45) is 6.79. The topological polar surface area (TPSA) is 103 Å². The molecule has 0 N–H and O–H groups in total. The molecule has 9 nitrogen and oxygen atoms in total. The van der Waals surface area contributed by atoms with Crippen LogP contribution in [0.5, 0.6) is 0 Å². The minimum atomic E-state index is -0.451. The summed E-state index contributed by atoms with van der Waals surface area (Å²) in [5.41, 5.74) is 0.711. The number of nitrogens with zero attached hydrogens (tertiary/aromatic N) is 5. The molecule has 2 fully saturated rings. The number of benzene rings is 1. The summed E-state index contributed by atoms with van der Waals surface area (Å²) in [6, 6.07) is 6.36. The Bertz CT molecular complexity index is 1010.